The van der Waals surface area contributed by atoms with Crippen molar-refractivity contribution in [1.82, 2.24) is 10.2 Å². The van der Waals surface area contributed by atoms with Gasteiger partial charge in [-0.3, -0.25) is 4.79 Å². The molecular formula is C23H34N2O. The van der Waals surface area contributed by atoms with Crippen LogP contribution in [-0.2, 0) is 4.79 Å². The first kappa shape index (κ1) is 17.9. The van der Waals surface area contributed by atoms with Gasteiger partial charge in [-0.1, -0.05) is 38.2 Å². The predicted octanol–water partition coefficient (Wildman–Crippen LogP) is 4.43. The summed E-state index contributed by atoms with van der Waals surface area (Å²) in [6, 6.07) is 0. The van der Waals surface area contributed by atoms with Gasteiger partial charge in [0.15, 0.2) is 0 Å². The van der Waals surface area contributed by atoms with Crippen LogP contribution in [-0.4, -0.2) is 30.4 Å². The number of carbonyl (C=O) groups is 1. The van der Waals surface area contributed by atoms with Crippen molar-refractivity contribution in [3.05, 3.63) is 35.6 Å². The van der Waals surface area contributed by atoms with Gasteiger partial charge in [0.25, 0.3) is 0 Å². The highest BCUT2D eigenvalue weighted by atomic mass is 16.2. The van der Waals surface area contributed by atoms with Gasteiger partial charge in [-0.15, -0.1) is 0 Å². The summed E-state index contributed by atoms with van der Waals surface area (Å²) < 4.78 is 0. The second kappa shape index (κ2) is 6.90. The molecule has 4 aliphatic rings. The third-order valence-electron chi connectivity index (χ3n) is 7.28. The molecule has 2 heterocycles. The van der Waals surface area contributed by atoms with Crippen LogP contribution in [0.15, 0.2) is 35.6 Å². The Morgan fingerprint density at radius 1 is 1.31 bits per heavy atom. The normalized spacial score (nSPS) is 29.2. The summed E-state index contributed by atoms with van der Waals surface area (Å²) in [7, 11) is 0. The van der Waals surface area contributed by atoms with Crippen molar-refractivity contribution >= 4 is 5.91 Å². The summed E-state index contributed by atoms with van der Waals surface area (Å²) in [6.07, 6.45) is 12.8. The molecule has 3 heteroatoms. The quantitative estimate of drug-likeness (QED) is 0.760. The third kappa shape index (κ3) is 3.25. The number of carbonyl (C=O) groups excluding carboxylic acids is 1. The van der Waals surface area contributed by atoms with Crippen LogP contribution in [0.3, 0.4) is 0 Å². The average molecular weight is 355 g/mol. The van der Waals surface area contributed by atoms with Crippen LogP contribution in [0.5, 0.6) is 0 Å². The molecule has 1 unspecified atom stereocenters. The number of amides is 1. The molecule has 1 saturated heterocycles. The maximum atomic E-state index is 12.5. The smallest absolute Gasteiger partial charge is 0.226 e. The number of allylic oxidation sites excluding steroid dienone is 5. The lowest BCUT2D eigenvalue weighted by molar-refractivity contribution is -0.138. The zero-order valence-electron chi connectivity index (χ0n) is 16.5. The van der Waals surface area contributed by atoms with Crippen LogP contribution in [0, 0.1) is 23.2 Å². The summed E-state index contributed by atoms with van der Waals surface area (Å²) in [6.45, 7) is 11.8. The highest BCUT2D eigenvalue weighted by Crippen LogP contribution is 2.46. The molecule has 0 aromatic heterocycles. The molecular weight excluding hydrogens is 320 g/mol. The Labute approximate surface area is 158 Å². The minimum atomic E-state index is 0.212. The number of rotatable bonds is 3. The van der Waals surface area contributed by atoms with Crippen LogP contribution in [0.2, 0.25) is 0 Å². The van der Waals surface area contributed by atoms with E-state index < -0.39 is 0 Å². The second-order valence-electron chi connectivity index (χ2n) is 9.48. The molecule has 1 saturated carbocycles. The van der Waals surface area contributed by atoms with Crippen LogP contribution >= 0.6 is 0 Å². The van der Waals surface area contributed by atoms with Gasteiger partial charge >= 0.3 is 0 Å². The Bertz CT molecular complexity index is 641. The van der Waals surface area contributed by atoms with E-state index in [1.165, 1.54) is 48.9 Å². The number of nitrogens with zero attached hydrogens (tertiary/aromatic N) is 1. The molecule has 2 fully saturated rings. The zero-order chi connectivity index (χ0) is 18.3. The number of hydrogen-bond acceptors (Lipinski definition) is 2. The number of hydrogen-bond donors (Lipinski definition) is 1. The van der Waals surface area contributed by atoms with Crippen molar-refractivity contribution in [1.29, 1.82) is 0 Å². The maximum Gasteiger partial charge on any atom is 0.226 e. The molecule has 0 spiro atoms. The first-order valence-corrected chi connectivity index (χ1v) is 10.6. The van der Waals surface area contributed by atoms with Gasteiger partial charge in [-0.05, 0) is 62.4 Å². The highest BCUT2D eigenvalue weighted by Gasteiger charge is 2.39. The fourth-order valence-electron chi connectivity index (χ4n) is 5.39. The Kier molecular flexibility index (Phi) is 4.75. The van der Waals surface area contributed by atoms with E-state index in [0.29, 0.717) is 11.8 Å². The molecule has 0 aromatic carbocycles. The fraction of sp³-hybridized carbons (Fsp3) is 0.696. The molecule has 1 amide bonds. The molecule has 0 bridgehead atoms. The van der Waals surface area contributed by atoms with E-state index in [2.05, 4.69) is 42.8 Å². The molecule has 2 aliphatic carbocycles. The lowest BCUT2D eigenvalue weighted by Crippen LogP contribution is -2.44. The van der Waals surface area contributed by atoms with Crippen molar-refractivity contribution in [2.45, 2.75) is 58.8 Å². The Balaban J connectivity index is 1.32. The first-order valence-electron chi connectivity index (χ1n) is 10.6. The standard InChI is InChI=1S/C23H34N2O/c1-16-13-19(14-16)22(26)25-11-8-17(9-12-25)15-20-7-6-18-5-4-10-24-21(18)23(20,2)3/h6-7,17,19-20,24H,1,4-5,8-15H2,2-3H3. The van der Waals surface area contributed by atoms with Gasteiger partial charge in [0, 0.05) is 36.7 Å². The van der Waals surface area contributed by atoms with Gasteiger partial charge < -0.3 is 10.2 Å². The second-order valence-corrected chi connectivity index (χ2v) is 9.48. The largest absolute Gasteiger partial charge is 0.388 e. The van der Waals surface area contributed by atoms with Crippen LogP contribution in [0.1, 0.15) is 58.8 Å². The third-order valence-corrected chi connectivity index (χ3v) is 7.28. The molecule has 142 valence electrons. The number of nitrogens with one attached hydrogen (secondary N) is 1. The molecule has 3 nitrogen and oxygen atoms in total. The predicted molar refractivity (Wildman–Crippen MR) is 106 cm³/mol. The summed E-state index contributed by atoms with van der Waals surface area (Å²) in [5, 5.41) is 3.70. The summed E-state index contributed by atoms with van der Waals surface area (Å²) in [5.41, 5.74) is 4.48. The van der Waals surface area contributed by atoms with Gasteiger partial charge in [-0.2, -0.15) is 0 Å². The van der Waals surface area contributed by atoms with Crippen molar-refractivity contribution in [2.75, 3.05) is 19.6 Å². The summed E-state index contributed by atoms with van der Waals surface area (Å²) in [4.78, 5) is 14.7. The molecule has 4 rings (SSSR count). The summed E-state index contributed by atoms with van der Waals surface area (Å²) in [5.74, 6) is 1.97. The number of piperidine rings is 1. The molecule has 1 N–H and O–H groups in total. The van der Waals surface area contributed by atoms with Crippen molar-refractivity contribution < 1.29 is 4.79 Å². The SMILES string of the molecule is C=C1CC(C(=O)N2CCC(CC3C=CC4=C(NCCC4)C3(C)C)CC2)C1. The maximum absolute atomic E-state index is 12.5. The van der Waals surface area contributed by atoms with Crippen molar-refractivity contribution in [2.24, 2.45) is 23.2 Å². The van der Waals surface area contributed by atoms with Crippen LogP contribution < -0.4 is 5.32 Å². The first-order chi connectivity index (χ1) is 12.4. The van der Waals surface area contributed by atoms with Gasteiger partial charge in [-0.25, -0.2) is 0 Å². The number of likely N-dealkylation sites (tertiary alicyclic amines) is 1. The van der Waals surface area contributed by atoms with E-state index in [9.17, 15) is 4.79 Å². The molecule has 0 aromatic rings. The van der Waals surface area contributed by atoms with Gasteiger partial charge in [0.05, 0.1) is 0 Å². The van der Waals surface area contributed by atoms with E-state index in [1.807, 2.05) is 0 Å². The lowest BCUT2D eigenvalue weighted by Gasteiger charge is -2.44. The molecule has 0 radical (unpaired) electrons. The van der Waals surface area contributed by atoms with Gasteiger partial charge in [0.1, 0.15) is 0 Å². The average Bonchev–Trinajstić information content (AvgIpc) is 2.62. The molecule has 26 heavy (non-hydrogen) atoms. The molecule has 1 atom stereocenters. The highest BCUT2D eigenvalue weighted by molar-refractivity contribution is 5.81. The fourth-order valence-corrected chi connectivity index (χ4v) is 5.39. The topological polar surface area (TPSA) is 32.3 Å². The van der Waals surface area contributed by atoms with Gasteiger partial charge in [0.2, 0.25) is 5.91 Å². The minimum absolute atomic E-state index is 0.212. The monoisotopic (exact) mass is 354 g/mol. The van der Waals surface area contributed by atoms with E-state index in [-0.39, 0.29) is 11.3 Å². The van der Waals surface area contributed by atoms with E-state index >= 15 is 0 Å². The Morgan fingerprint density at radius 3 is 2.73 bits per heavy atom. The minimum Gasteiger partial charge on any atom is -0.388 e. The van der Waals surface area contributed by atoms with Crippen LogP contribution in [0.25, 0.3) is 0 Å². The lowest BCUT2D eigenvalue weighted by atomic mass is 9.66. The zero-order valence-corrected chi connectivity index (χ0v) is 16.5. The molecule has 2 aliphatic heterocycles. The Hall–Kier alpha value is -1.51. The Morgan fingerprint density at radius 2 is 2.04 bits per heavy atom. The van der Waals surface area contributed by atoms with E-state index in [4.69, 9.17) is 0 Å². The van der Waals surface area contributed by atoms with Crippen molar-refractivity contribution in [3.8, 4) is 0 Å². The van der Waals surface area contributed by atoms with Crippen molar-refractivity contribution in [3.63, 3.8) is 0 Å². The van der Waals surface area contributed by atoms with Crippen LogP contribution in [0.4, 0.5) is 0 Å². The van der Waals surface area contributed by atoms with E-state index in [1.54, 1.807) is 0 Å². The van der Waals surface area contributed by atoms with E-state index in [0.717, 1.165) is 38.4 Å². The summed E-state index contributed by atoms with van der Waals surface area (Å²) >= 11 is 0.